The topological polar surface area (TPSA) is 81.4 Å². The minimum absolute atomic E-state index is 0.0270. The Balaban J connectivity index is 1.34. The van der Waals surface area contributed by atoms with Crippen LogP contribution >= 0.6 is 0 Å². The molecule has 6 nitrogen and oxygen atoms in total. The monoisotopic (exact) mass is 441 g/mol. The number of fused-ring (bicyclic) bond motifs is 2. The van der Waals surface area contributed by atoms with Crippen molar-refractivity contribution >= 4 is 32.0 Å². The lowest BCUT2D eigenvalue weighted by molar-refractivity contribution is 0.0982. The Morgan fingerprint density at radius 3 is 2.59 bits per heavy atom. The highest BCUT2D eigenvalue weighted by atomic mass is 32.2. The molecule has 0 saturated heterocycles. The van der Waals surface area contributed by atoms with Crippen LogP contribution in [0.5, 0.6) is 0 Å². The van der Waals surface area contributed by atoms with Crippen LogP contribution in [0.3, 0.4) is 0 Å². The third-order valence-corrected chi connectivity index (χ3v) is 7.30. The minimum atomic E-state index is -3.71. The maximum Gasteiger partial charge on any atom is 0.208 e. The normalized spacial score (nSPS) is 11.8. The van der Waals surface area contributed by atoms with E-state index >= 15 is 0 Å². The molecule has 0 fully saturated rings. The van der Waals surface area contributed by atoms with Gasteiger partial charge in [-0.3, -0.25) is 9.78 Å². The van der Waals surface area contributed by atoms with Gasteiger partial charge in [0.15, 0.2) is 5.78 Å². The summed E-state index contributed by atoms with van der Waals surface area (Å²) in [5.74, 6) is 0.0270. The number of ketones is 1. The van der Waals surface area contributed by atoms with Crippen molar-refractivity contribution in [3.8, 4) is 0 Å². The number of pyridine rings is 2. The van der Waals surface area contributed by atoms with Gasteiger partial charge in [0.05, 0.1) is 9.79 Å². The van der Waals surface area contributed by atoms with Crippen LogP contribution in [0.25, 0.3) is 16.4 Å². The van der Waals surface area contributed by atoms with Crippen molar-refractivity contribution < 1.29 is 13.2 Å². The number of hydrogen-bond acceptors (Lipinski definition) is 5. The summed E-state index contributed by atoms with van der Waals surface area (Å²) in [5, 5.41) is 1.42. The van der Waals surface area contributed by atoms with Crippen molar-refractivity contribution in [2.45, 2.75) is 22.6 Å². The van der Waals surface area contributed by atoms with Gasteiger partial charge in [-0.2, -0.15) is 0 Å². The second kappa shape index (κ2) is 8.01. The molecule has 3 heterocycles. The second-order valence-corrected chi connectivity index (χ2v) is 9.46. The van der Waals surface area contributed by atoms with Gasteiger partial charge in [-0.25, -0.2) is 13.4 Å². The number of sulfone groups is 1. The lowest BCUT2D eigenvalue weighted by Gasteiger charge is -2.09. The summed E-state index contributed by atoms with van der Waals surface area (Å²) < 4.78 is 28.2. The molecule has 0 saturated carbocycles. The van der Waals surface area contributed by atoms with E-state index in [2.05, 4.69) is 9.97 Å². The van der Waals surface area contributed by atoms with Crippen LogP contribution in [0.1, 0.15) is 22.3 Å². The molecule has 0 atom stereocenters. The molecule has 0 radical (unpaired) electrons. The van der Waals surface area contributed by atoms with Gasteiger partial charge in [0.2, 0.25) is 9.84 Å². The first-order valence-corrected chi connectivity index (χ1v) is 11.6. The van der Waals surface area contributed by atoms with E-state index in [1.807, 2.05) is 28.7 Å². The molecule has 0 N–H and O–H groups in total. The fraction of sp³-hybridized carbons (Fsp3) is 0.0800. The molecule has 0 aliphatic heterocycles. The third-order valence-electron chi connectivity index (χ3n) is 5.51. The number of carbonyl (C=O) groups is 1. The Morgan fingerprint density at radius 2 is 1.75 bits per heavy atom. The smallest absolute Gasteiger partial charge is 0.208 e. The maximum atomic E-state index is 13.2. The van der Waals surface area contributed by atoms with Crippen LogP contribution in [0, 0.1) is 0 Å². The number of nitrogens with zero attached hydrogens (tertiary/aromatic N) is 3. The first-order valence-electron chi connectivity index (χ1n) is 10.1. The molecule has 158 valence electrons. The average molecular weight is 442 g/mol. The number of Topliss-reactive ketones (excluding diaryl/α,β-unsaturated/α-hetero) is 1. The number of benzene rings is 2. The van der Waals surface area contributed by atoms with Crippen molar-refractivity contribution in [1.82, 2.24) is 14.4 Å². The Kier molecular flexibility index (Phi) is 5.03. The predicted octanol–water partition coefficient (Wildman–Crippen LogP) is 4.53. The van der Waals surface area contributed by atoms with E-state index in [9.17, 15) is 13.2 Å². The number of aryl methyl sites for hydroxylation is 1. The van der Waals surface area contributed by atoms with E-state index in [0.29, 0.717) is 23.8 Å². The lowest BCUT2D eigenvalue weighted by Crippen LogP contribution is -2.05. The van der Waals surface area contributed by atoms with E-state index in [0.717, 1.165) is 16.6 Å². The van der Waals surface area contributed by atoms with Crippen molar-refractivity contribution in [3.63, 3.8) is 0 Å². The Labute approximate surface area is 185 Å². The van der Waals surface area contributed by atoms with Gasteiger partial charge in [-0.05, 0) is 36.2 Å². The fourth-order valence-electron chi connectivity index (χ4n) is 3.75. The SMILES string of the molecule is O=C(CCc1ccc(S(=O)(=O)c2cncc3ccccc23)cc1)c1ccc2nccn2c1. The molecular formula is C25H19N3O3S. The van der Waals surface area contributed by atoms with Gasteiger partial charge < -0.3 is 4.40 Å². The van der Waals surface area contributed by atoms with Gasteiger partial charge in [0.1, 0.15) is 5.65 Å². The highest BCUT2D eigenvalue weighted by Crippen LogP contribution is 2.27. The lowest BCUT2D eigenvalue weighted by atomic mass is 10.0. The van der Waals surface area contributed by atoms with Crippen molar-refractivity contribution in [1.29, 1.82) is 0 Å². The summed E-state index contributed by atoms with van der Waals surface area (Å²) >= 11 is 0. The molecule has 7 heteroatoms. The average Bonchev–Trinajstić information content (AvgIpc) is 3.30. The molecule has 3 aromatic heterocycles. The Hall–Kier alpha value is -3.84. The molecule has 0 unspecified atom stereocenters. The summed E-state index contributed by atoms with van der Waals surface area (Å²) in [6, 6.07) is 17.6. The van der Waals surface area contributed by atoms with Crippen LogP contribution in [0.15, 0.2) is 101 Å². The Bertz CT molecular complexity index is 1550. The van der Waals surface area contributed by atoms with Crippen molar-refractivity contribution in [3.05, 3.63) is 103 Å². The highest BCUT2D eigenvalue weighted by molar-refractivity contribution is 7.91. The predicted molar refractivity (Wildman–Crippen MR) is 121 cm³/mol. The number of hydrogen-bond donors (Lipinski definition) is 0. The van der Waals surface area contributed by atoms with Gasteiger partial charge in [0, 0.05) is 53.7 Å². The number of aromatic nitrogens is 3. The van der Waals surface area contributed by atoms with Crippen LogP contribution in [-0.4, -0.2) is 28.6 Å². The Morgan fingerprint density at radius 1 is 0.938 bits per heavy atom. The molecular weight excluding hydrogens is 422 g/mol. The summed E-state index contributed by atoms with van der Waals surface area (Å²) in [4.78, 5) is 21.2. The van der Waals surface area contributed by atoms with Crippen molar-refractivity contribution in [2.75, 3.05) is 0 Å². The quantitative estimate of drug-likeness (QED) is 0.362. The van der Waals surface area contributed by atoms with E-state index < -0.39 is 9.84 Å². The van der Waals surface area contributed by atoms with E-state index in [4.69, 9.17) is 0 Å². The van der Waals surface area contributed by atoms with Gasteiger partial charge in [-0.15, -0.1) is 0 Å². The van der Waals surface area contributed by atoms with Gasteiger partial charge in [-0.1, -0.05) is 36.4 Å². The molecule has 0 aliphatic carbocycles. The molecule has 0 spiro atoms. The first kappa shape index (κ1) is 20.1. The van der Waals surface area contributed by atoms with E-state index in [1.165, 1.54) is 6.20 Å². The standard InChI is InChI=1S/C25H19N3O3S/c29-23(20-8-12-25-27-13-14-28(25)17-20)11-7-18-5-9-21(10-6-18)32(30,31)24-16-26-15-19-3-1-2-4-22(19)24/h1-6,8-10,12-17H,7,11H2. The number of rotatable bonds is 6. The van der Waals surface area contributed by atoms with Gasteiger partial charge in [0.25, 0.3) is 0 Å². The molecule has 2 aromatic carbocycles. The largest absolute Gasteiger partial charge is 0.306 e. The van der Waals surface area contributed by atoms with Crippen LogP contribution < -0.4 is 0 Å². The van der Waals surface area contributed by atoms with Crippen LogP contribution in [-0.2, 0) is 16.3 Å². The van der Waals surface area contributed by atoms with Gasteiger partial charge >= 0.3 is 0 Å². The maximum absolute atomic E-state index is 13.2. The molecule has 0 amide bonds. The second-order valence-electron chi connectivity index (χ2n) is 7.54. The zero-order valence-electron chi connectivity index (χ0n) is 17.0. The summed E-state index contributed by atoms with van der Waals surface area (Å²) in [6.45, 7) is 0. The highest BCUT2D eigenvalue weighted by Gasteiger charge is 2.20. The molecule has 0 aliphatic rings. The molecule has 32 heavy (non-hydrogen) atoms. The summed E-state index contributed by atoms with van der Waals surface area (Å²) in [5.41, 5.74) is 2.31. The molecule has 5 aromatic rings. The molecule has 0 bridgehead atoms. The number of carbonyl (C=O) groups excluding carboxylic acids is 1. The zero-order valence-corrected chi connectivity index (χ0v) is 17.9. The summed E-state index contributed by atoms with van der Waals surface area (Å²) in [6.07, 6.45) is 9.17. The van der Waals surface area contributed by atoms with E-state index in [-0.39, 0.29) is 15.6 Å². The van der Waals surface area contributed by atoms with Crippen LogP contribution in [0.2, 0.25) is 0 Å². The third kappa shape index (κ3) is 3.67. The van der Waals surface area contributed by atoms with Crippen molar-refractivity contribution in [2.24, 2.45) is 0 Å². The first-order chi connectivity index (χ1) is 15.5. The zero-order chi connectivity index (χ0) is 22.1. The molecule has 5 rings (SSSR count). The number of imidazole rings is 1. The fourth-order valence-corrected chi connectivity index (χ4v) is 5.18. The van der Waals surface area contributed by atoms with E-state index in [1.54, 1.807) is 61.2 Å². The minimum Gasteiger partial charge on any atom is -0.306 e. The summed E-state index contributed by atoms with van der Waals surface area (Å²) in [7, 11) is -3.71. The van der Waals surface area contributed by atoms with Crippen LogP contribution in [0.4, 0.5) is 0 Å².